The lowest BCUT2D eigenvalue weighted by molar-refractivity contribution is -0.136. The topological polar surface area (TPSA) is 45.1 Å². The lowest BCUT2D eigenvalue weighted by Gasteiger charge is -2.29. The maximum Gasteiger partial charge on any atom is 0.418 e. The van der Waals surface area contributed by atoms with Gasteiger partial charge < -0.3 is 10.4 Å². The van der Waals surface area contributed by atoms with E-state index in [0.717, 1.165) is 31.9 Å². The minimum atomic E-state index is -4.47. The van der Waals surface area contributed by atoms with Crippen LogP contribution >= 0.6 is 0 Å². The Hall–Kier alpha value is -1.66. The normalized spacial score (nSPS) is 20.7. The Morgan fingerprint density at radius 1 is 1.30 bits per heavy atom. The standard InChI is InChI=1S/C17H19F3N2O/c1-10-9-12(16(23)14-7-2-3-8-21-14)11-5-4-6-13(15(11)22-10)17(18,19)20/h4-6,9,14,16,21,23H,2-3,7-8H2,1H3. The van der Waals surface area contributed by atoms with E-state index < -0.39 is 17.8 Å². The fourth-order valence-corrected chi connectivity index (χ4v) is 3.25. The Balaban J connectivity index is 2.13. The predicted molar refractivity (Wildman–Crippen MR) is 82.1 cm³/mol. The van der Waals surface area contributed by atoms with E-state index in [1.165, 1.54) is 6.07 Å². The van der Waals surface area contributed by atoms with Gasteiger partial charge in [-0.15, -0.1) is 0 Å². The molecule has 0 radical (unpaired) electrons. The van der Waals surface area contributed by atoms with Gasteiger partial charge in [0.15, 0.2) is 0 Å². The number of aromatic nitrogens is 1. The number of nitrogens with zero attached hydrogens (tertiary/aromatic N) is 1. The number of aliphatic hydroxyl groups excluding tert-OH is 1. The average molecular weight is 324 g/mol. The van der Waals surface area contributed by atoms with Crippen LogP contribution in [0.15, 0.2) is 24.3 Å². The molecule has 23 heavy (non-hydrogen) atoms. The van der Waals surface area contributed by atoms with E-state index in [9.17, 15) is 18.3 Å². The first-order valence-corrected chi connectivity index (χ1v) is 7.77. The van der Waals surface area contributed by atoms with Gasteiger partial charge >= 0.3 is 6.18 Å². The van der Waals surface area contributed by atoms with Crippen LogP contribution in [0.1, 0.15) is 42.2 Å². The van der Waals surface area contributed by atoms with E-state index in [-0.39, 0.29) is 11.6 Å². The lowest BCUT2D eigenvalue weighted by atomic mass is 9.92. The quantitative estimate of drug-likeness (QED) is 0.884. The summed E-state index contributed by atoms with van der Waals surface area (Å²) in [5.41, 5.74) is 0.130. The molecule has 1 aliphatic rings. The Kier molecular flexibility index (Phi) is 4.29. The first-order valence-electron chi connectivity index (χ1n) is 7.77. The molecule has 0 spiro atoms. The van der Waals surface area contributed by atoms with Crippen LogP contribution < -0.4 is 5.32 Å². The van der Waals surface area contributed by atoms with Gasteiger partial charge in [0.1, 0.15) is 0 Å². The summed E-state index contributed by atoms with van der Waals surface area (Å²) in [6, 6.07) is 5.54. The van der Waals surface area contributed by atoms with Crippen molar-refractivity contribution in [1.29, 1.82) is 0 Å². The number of piperidine rings is 1. The van der Waals surface area contributed by atoms with Crippen LogP contribution in [-0.2, 0) is 6.18 Å². The van der Waals surface area contributed by atoms with Crippen molar-refractivity contribution < 1.29 is 18.3 Å². The largest absolute Gasteiger partial charge is 0.418 e. The molecule has 0 aliphatic carbocycles. The van der Waals surface area contributed by atoms with Crippen LogP contribution in [0.5, 0.6) is 0 Å². The van der Waals surface area contributed by atoms with Crippen molar-refractivity contribution in [2.24, 2.45) is 0 Å². The zero-order valence-corrected chi connectivity index (χ0v) is 12.8. The molecule has 2 unspecified atom stereocenters. The smallest absolute Gasteiger partial charge is 0.387 e. The summed E-state index contributed by atoms with van der Waals surface area (Å²) in [7, 11) is 0. The first-order chi connectivity index (χ1) is 10.9. The highest BCUT2D eigenvalue weighted by Crippen LogP contribution is 2.37. The minimum Gasteiger partial charge on any atom is -0.387 e. The number of aliphatic hydroxyl groups is 1. The number of rotatable bonds is 2. The molecule has 3 rings (SSSR count). The molecule has 1 aromatic heterocycles. The molecular formula is C17H19F3N2O. The number of nitrogens with one attached hydrogen (secondary N) is 1. The fraction of sp³-hybridized carbons (Fsp3) is 0.471. The number of halogens is 3. The molecule has 0 bridgehead atoms. The molecule has 1 fully saturated rings. The van der Waals surface area contributed by atoms with E-state index >= 15 is 0 Å². The number of alkyl halides is 3. The molecule has 1 aromatic carbocycles. The second-order valence-electron chi connectivity index (χ2n) is 6.05. The van der Waals surface area contributed by atoms with Gasteiger partial charge in [0, 0.05) is 17.1 Å². The monoisotopic (exact) mass is 324 g/mol. The molecular weight excluding hydrogens is 305 g/mol. The third-order valence-electron chi connectivity index (χ3n) is 4.35. The van der Waals surface area contributed by atoms with Gasteiger partial charge in [-0.1, -0.05) is 18.6 Å². The number of fused-ring (bicyclic) bond motifs is 1. The molecule has 1 aliphatic heterocycles. The van der Waals surface area contributed by atoms with Crippen LogP contribution in [0.3, 0.4) is 0 Å². The molecule has 2 N–H and O–H groups in total. The summed E-state index contributed by atoms with van der Waals surface area (Å²) in [6.45, 7) is 2.47. The van der Waals surface area contributed by atoms with Crippen LogP contribution in [-0.4, -0.2) is 22.7 Å². The van der Waals surface area contributed by atoms with E-state index in [0.29, 0.717) is 16.6 Å². The highest BCUT2D eigenvalue weighted by Gasteiger charge is 2.34. The second-order valence-corrected chi connectivity index (χ2v) is 6.05. The predicted octanol–water partition coefficient (Wildman–Crippen LogP) is 3.74. The lowest BCUT2D eigenvalue weighted by Crippen LogP contribution is -2.38. The summed E-state index contributed by atoms with van der Waals surface area (Å²) in [5, 5.41) is 14.3. The third-order valence-corrected chi connectivity index (χ3v) is 4.35. The van der Waals surface area contributed by atoms with Gasteiger partial charge in [0.2, 0.25) is 0 Å². The number of hydrogen-bond acceptors (Lipinski definition) is 3. The Bertz CT molecular complexity index is 709. The van der Waals surface area contributed by atoms with Crippen LogP contribution in [0.2, 0.25) is 0 Å². The van der Waals surface area contributed by atoms with Gasteiger partial charge in [-0.3, -0.25) is 4.98 Å². The summed E-state index contributed by atoms with van der Waals surface area (Å²) < 4.78 is 39.7. The van der Waals surface area contributed by atoms with E-state index in [1.54, 1.807) is 19.1 Å². The van der Waals surface area contributed by atoms with Crippen LogP contribution in [0, 0.1) is 6.92 Å². The first kappa shape index (κ1) is 16.2. The van der Waals surface area contributed by atoms with Gasteiger partial charge in [0.25, 0.3) is 0 Å². The number of pyridine rings is 1. The number of aryl methyl sites for hydroxylation is 1. The molecule has 2 aromatic rings. The summed E-state index contributed by atoms with van der Waals surface area (Å²) in [6.07, 6.45) is -2.44. The third kappa shape index (κ3) is 3.19. The zero-order valence-electron chi connectivity index (χ0n) is 12.8. The SMILES string of the molecule is Cc1cc(C(O)C2CCCCN2)c2cccc(C(F)(F)F)c2n1. The van der Waals surface area contributed by atoms with Crippen molar-refractivity contribution in [1.82, 2.24) is 10.3 Å². The van der Waals surface area contributed by atoms with Gasteiger partial charge in [-0.25, -0.2) is 0 Å². The molecule has 124 valence electrons. The van der Waals surface area contributed by atoms with Crippen molar-refractivity contribution in [2.45, 2.75) is 44.5 Å². The number of para-hydroxylation sites is 1. The Morgan fingerprint density at radius 3 is 2.74 bits per heavy atom. The number of hydrogen-bond donors (Lipinski definition) is 2. The van der Waals surface area contributed by atoms with Crippen molar-refractivity contribution in [2.75, 3.05) is 6.54 Å². The molecule has 3 nitrogen and oxygen atoms in total. The molecule has 2 heterocycles. The molecule has 2 atom stereocenters. The fourth-order valence-electron chi connectivity index (χ4n) is 3.25. The average Bonchev–Trinajstić information content (AvgIpc) is 2.52. The summed E-state index contributed by atoms with van der Waals surface area (Å²) in [5.74, 6) is 0. The van der Waals surface area contributed by atoms with Gasteiger partial charge in [-0.2, -0.15) is 13.2 Å². The van der Waals surface area contributed by atoms with Gasteiger partial charge in [0.05, 0.1) is 17.2 Å². The Morgan fingerprint density at radius 2 is 2.09 bits per heavy atom. The van der Waals surface area contributed by atoms with Crippen molar-refractivity contribution >= 4 is 10.9 Å². The second kappa shape index (κ2) is 6.09. The highest BCUT2D eigenvalue weighted by atomic mass is 19.4. The molecule has 1 saturated heterocycles. The minimum absolute atomic E-state index is 0.0927. The van der Waals surface area contributed by atoms with Crippen molar-refractivity contribution in [3.8, 4) is 0 Å². The van der Waals surface area contributed by atoms with E-state index in [2.05, 4.69) is 10.3 Å². The zero-order chi connectivity index (χ0) is 16.6. The van der Waals surface area contributed by atoms with Crippen LogP contribution in [0.25, 0.3) is 10.9 Å². The summed E-state index contributed by atoms with van der Waals surface area (Å²) >= 11 is 0. The van der Waals surface area contributed by atoms with Crippen molar-refractivity contribution in [3.05, 3.63) is 41.1 Å². The van der Waals surface area contributed by atoms with E-state index in [4.69, 9.17) is 0 Å². The maximum absolute atomic E-state index is 13.2. The summed E-state index contributed by atoms with van der Waals surface area (Å²) in [4.78, 5) is 4.08. The molecule has 6 heteroatoms. The van der Waals surface area contributed by atoms with E-state index in [1.807, 2.05) is 0 Å². The maximum atomic E-state index is 13.2. The molecule has 0 amide bonds. The number of benzene rings is 1. The van der Waals surface area contributed by atoms with Gasteiger partial charge in [-0.05, 0) is 44.0 Å². The highest BCUT2D eigenvalue weighted by molar-refractivity contribution is 5.86. The van der Waals surface area contributed by atoms with Crippen LogP contribution in [0.4, 0.5) is 13.2 Å². The molecule has 0 saturated carbocycles. The Labute approximate surface area is 132 Å². The van der Waals surface area contributed by atoms with Crippen molar-refractivity contribution in [3.63, 3.8) is 0 Å².